The minimum Gasteiger partial charge on any atom is -0.232 e. The van der Waals surface area contributed by atoms with Crippen LogP contribution in [0, 0.1) is 0 Å². The van der Waals surface area contributed by atoms with Gasteiger partial charge in [0.2, 0.25) is 0 Å². The van der Waals surface area contributed by atoms with Crippen LogP contribution in [0.3, 0.4) is 0 Å². The minimum atomic E-state index is 0.529. The maximum absolute atomic E-state index is 6.13. The Morgan fingerprint density at radius 2 is 1.65 bits per heavy atom. The molecule has 2 aromatic rings. The van der Waals surface area contributed by atoms with Crippen LogP contribution in [0.1, 0.15) is 55.3 Å². The molecule has 20 heavy (non-hydrogen) atoms. The number of benzene rings is 1. The van der Waals surface area contributed by atoms with Crippen molar-refractivity contribution in [2.45, 2.75) is 43.9 Å². The standard InChI is InChI=1S/C17H17ClN2/c18-16-10-15(19-17(20-16)14-8-9-14)13-6-4-12(5-7-13)11-2-1-3-11/h4-7,10-11,14H,1-3,8-9H2. The molecule has 2 nitrogen and oxygen atoms in total. The van der Waals surface area contributed by atoms with Crippen molar-refractivity contribution in [3.05, 3.63) is 46.9 Å². The SMILES string of the molecule is Clc1cc(-c2ccc(C3CCC3)cc2)nc(C2CC2)n1. The van der Waals surface area contributed by atoms with Crippen LogP contribution >= 0.6 is 11.6 Å². The Balaban J connectivity index is 1.65. The van der Waals surface area contributed by atoms with Crippen molar-refractivity contribution >= 4 is 11.6 Å². The fourth-order valence-electron chi connectivity index (χ4n) is 2.77. The van der Waals surface area contributed by atoms with E-state index in [4.69, 9.17) is 11.6 Å². The molecule has 0 amide bonds. The van der Waals surface area contributed by atoms with Gasteiger partial charge in [-0.1, -0.05) is 42.3 Å². The quantitative estimate of drug-likeness (QED) is 0.746. The number of nitrogens with zero attached hydrogens (tertiary/aromatic N) is 2. The Labute approximate surface area is 124 Å². The number of halogens is 1. The van der Waals surface area contributed by atoms with Gasteiger partial charge in [-0.15, -0.1) is 0 Å². The van der Waals surface area contributed by atoms with E-state index < -0.39 is 0 Å². The van der Waals surface area contributed by atoms with Gasteiger partial charge in [-0.05, 0) is 37.2 Å². The molecule has 0 saturated heterocycles. The Kier molecular flexibility index (Phi) is 2.99. The summed E-state index contributed by atoms with van der Waals surface area (Å²) in [7, 11) is 0. The Morgan fingerprint density at radius 1 is 0.900 bits per heavy atom. The van der Waals surface area contributed by atoms with E-state index in [-0.39, 0.29) is 0 Å². The van der Waals surface area contributed by atoms with Gasteiger partial charge in [-0.25, -0.2) is 9.97 Å². The number of hydrogen-bond donors (Lipinski definition) is 0. The van der Waals surface area contributed by atoms with Gasteiger partial charge in [0, 0.05) is 17.5 Å². The summed E-state index contributed by atoms with van der Waals surface area (Å²) in [6.45, 7) is 0. The highest BCUT2D eigenvalue weighted by atomic mass is 35.5. The van der Waals surface area contributed by atoms with Gasteiger partial charge in [0.05, 0.1) is 5.69 Å². The summed E-state index contributed by atoms with van der Waals surface area (Å²) in [6, 6.07) is 10.7. The highest BCUT2D eigenvalue weighted by molar-refractivity contribution is 6.29. The predicted octanol–water partition coefficient (Wildman–Crippen LogP) is 4.94. The second-order valence-corrected chi connectivity index (χ2v) is 6.35. The third-order valence-corrected chi connectivity index (χ3v) is 4.63. The summed E-state index contributed by atoms with van der Waals surface area (Å²) >= 11 is 6.13. The largest absolute Gasteiger partial charge is 0.232 e. The average Bonchev–Trinajstić information content (AvgIpc) is 3.21. The molecule has 3 heteroatoms. The van der Waals surface area contributed by atoms with Crippen LogP contribution in [-0.2, 0) is 0 Å². The third-order valence-electron chi connectivity index (χ3n) is 4.44. The first kappa shape index (κ1) is 12.3. The van der Waals surface area contributed by atoms with Crippen molar-refractivity contribution in [2.75, 3.05) is 0 Å². The van der Waals surface area contributed by atoms with Crippen LogP contribution < -0.4 is 0 Å². The molecular weight excluding hydrogens is 268 g/mol. The lowest BCUT2D eigenvalue weighted by Gasteiger charge is -2.25. The van der Waals surface area contributed by atoms with Crippen LogP contribution in [0.5, 0.6) is 0 Å². The van der Waals surface area contributed by atoms with E-state index >= 15 is 0 Å². The molecular formula is C17H17ClN2. The summed E-state index contributed by atoms with van der Waals surface area (Å²) in [5.74, 6) is 2.22. The second-order valence-electron chi connectivity index (χ2n) is 5.96. The predicted molar refractivity (Wildman–Crippen MR) is 81.0 cm³/mol. The fraction of sp³-hybridized carbons (Fsp3) is 0.412. The van der Waals surface area contributed by atoms with Crippen LogP contribution in [0.15, 0.2) is 30.3 Å². The van der Waals surface area contributed by atoms with E-state index in [1.54, 1.807) is 0 Å². The lowest BCUT2D eigenvalue weighted by atomic mass is 9.80. The number of hydrogen-bond acceptors (Lipinski definition) is 2. The Bertz CT molecular complexity index is 628. The van der Waals surface area contributed by atoms with E-state index in [1.807, 2.05) is 6.07 Å². The summed E-state index contributed by atoms with van der Waals surface area (Å²) in [5.41, 5.74) is 3.55. The van der Waals surface area contributed by atoms with Crippen molar-refractivity contribution in [3.63, 3.8) is 0 Å². The highest BCUT2D eigenvalue weighted by Crippen LogP contribution is 2.40. The van der Waals surface area contributed by atoms with Gasteiger partial charge in [-0.2, -0.15) is 0 Å². The molecule has 1 aromatic heterocycles. The maximum Gasteiger partial charge on any atom is 0.133 e. The zero-order chi connectivity index (χ0) is 13.5. The fourth-order valence-corrected chi connectivity index (χ4v) is 2.96. The van der Waals surface area contributed by atoms with Crippen LogP contribution in [0.25, 0.3) is 11.3 Å². The number of aromatic nitrogens is 2. The van der Waals surface area contributed by atoms with E-state index in [9.17, 15) is 0 Å². The van der Waals surface area contributed by atoms with Crippen molar-refractivity contribution in [3.8, 4) is 11.3 Å². The molecule has 102 valence electrons. The van der Waals surface area contributed by atoms with Gasteiger partial charge in [0.25, 0.3) is 0 Å². The summed E-state index contributed by atoms with van der Waals surface area (Å²) in [6.07, 6.45) is 6.44. The molecule has 1 aromatic carbocycles. The molecule has 1 heterocycles. The third kappa shape index (κ3) is 2.33. The Hall–Kier alpha value is -1.41. The molecule has 0 unspecified atom stereocenters. The molecule has 2 aliphatic carbocycles. The molecule has 2 fully saturated rings. The van der Waals surface area contributed by atoms with Gasteiger partial charge >= 0.3 is 0 Å². The molecule has 0 radical (unpaired) electrons. The smallest absolute Gasteiger partial charge is 0.133 e. The topological polar surface area (TPSA) is 25.8 Å². The van der Waals surface area contributed by atoms with Crippen molar-refractivity contribution in [2.24, 2.45) is 0 Å². The monoisotopic (exact) mass is 284 g/mol. The lowest BCUT2D eigenvalue weighted by molar-refractivity contribution is 0.420. The van der Waals surface area contributed by atoms with Crippen LogP contribution in [0.2, 0.25) is 5.15 Å². The molecule has 0 spiro atoms. The first-order chi connectivity index (χ1) is 9.79. The second kappa shape index (κ2) is 4.85. The van der Waals surface area contributed by atoms with Crippen molar-refractivity contribution in [1.29, 1.82) is 0 Å². The summed E-state index contributed by atoms with van der Waals surface area (Å²) in [4.78, 5) is 9.02. The maximum atomic E-state index is 6.13. The lowest BCUT2D eigenvalue weighted by Crippen LogP contribution is -2.08. The summed E-state index contributed by atoms with van der Waals surface area (Å²) in [5, 5.41) is 0.556. The molecule has 0 N–H and O–H groups in total. The molecule has 0 bridgehead atoms. The zero-order valence-corrected chi connectivity index (χ0v) is 12.1. The van der Waals surface area contributed by atoms with E-state index in [0.29, 0.717) is 11.1 Å². The molecule has 4 rings (SSSR count). The normalized spacial score (nSPS) is 18.9. The average molecular weight is 285 g/mol. The first-order valence-electron chi connectivity index (χ1n) is 7.44. The van der Waals surface area contributed by atoms with Crippen molar-refractivity contribution < 1.29 is 0 Å². The van der Waals surface area contributed by atoms with Gasteiger partial charge < -0.3 is 0 Å². The highest BCUT2D eigenvalue weighted by Gasteiger charge is 2.27. The molecule has 2 saturated carbocycles. The van der Waals surface area contributed by atoms with Crippen molar-refractivity contribution in [1.82, 2.24) is 9.97 Å². The van der Waals surface area contributed by atoms with E-state index in [0.717, 1.165) is 23.0 Å². The zero-order valence-electron chi connectivity index (χ0n) is 11.3. The summed E-state index contributed by atoms with van der Waals surface area (Å²) < 4.78 is 0. The Morgan fingerprint density at radius 3 is 2.25 bits per heavy atom. The molecule has 0 atom stereocenters. The van der Waals surface area contributed by atoms with Gasteiger partial charge in [0.1, 0.15) is 11.0 Å². The molecule has 2 aliphatic rings. The number of rotatable bonds is 3. The van der Waals surface area contributed by atoms with Crippen LogP contribution in [0.4, 0.5) is 0 Å². The van der Waals surface area contributed by atoms with E-state index in [1.165, 1.54) is 37.7 Å². The van der Waals surface area contributed by atoms with Gasteiger partial charge in [0.15, 0.2) is 0 Å². The minimum absolute atomic E-state index is 0.529. The van der Waals surface area contributed by atoms with Gasteiger partial charge in [-0.3, -0.25) is 0 Å². The van der Waals surface area contributed by atoms with Crippen LogP contribution in [-0.4, -0.2) is 9.97 Å². The first-order valence-corrected chi connectivity index (χ1v) is 7.82. The molecule has 0 aliphatic heterocycles. The van der Waals surface area contributed by atoms with E-state index in [2.05, 4.69) is 34.2 Å².